The number of aromatic hydroxyl groups is 1. The fourth-order valence-corrected chi connectivity index (χ4v) is 1.54. The van der Waals surface area contributed by atoms with E-state index in [-0.39, 0.29) is 16.5 Å². The van der Waals surface area contributed by atoms with Crippen LogP contribution in [-0.4, -0.2) is 21.2 Å². The second-order valence-electron chi connectivity index (χ2n) is 2.95. The van der Waals surface area contributed by atoms with Gasteiger partial charge < -0.3 is 10.2 Å². The van der Waals surface area contributed by atoms with Crippen molar-refractivity contribution in [1.82, 2.24) is 4.98 Å². The minimum absolute atomic E-state index is 0.235. The summed E-state index contributed by atoms with van der Waals surface area (Å²) in [6, 6.07) is 6.64. The number of rotatable bonds is 1. The number of carboxylic acids is 1. The van der Waals surface area contributed by atoms with Crippen LogP contribution in [-0.2, 0) is 0 Å². The molecule has 2 N–H and O–H groups in total. The molecule has 0 atom stereocenters. The first-order chi connectivity index (χ1) is 7.11. The lowest BCUT2D eigenvalue weighted by Crippen LogP contribution is -2.01. The zero-order chi connectivity index (χ0) is 11.0. The number of carboxylic acid groups (broad SMARTS) is 1. The Bertz CT molecular complexity index is 554. The highest BCUT2D eigenvalue weighted by Gasteiger charge is 2.17. The van der Waals surface area contributed by atoms with E-state index in [0.717, 1.165) is 0 Å². The van der Waals surface area contributed by atoms with Crippen molar-refractivity contribution in [1.29, 1.82) is 0 Å². The maximum absolute atomic E-state index is 10.8. The smallest absolute Gasteiger partial charge is 0.356 e. The number of halogens is 1. The zero-order valence-corrected chi connectivity index (χ0v) is 8.19. The van der Waals surface area contributed by atoms with Gasteiger partial charge in [0.25, 0.3) is 0 Å². The van der Waals surface area contributed by atoms with E-state index in [2.05, 4.69) is 4.98 Å². The predicted octanol–water partition coefficient (Wildman–Crippen LogP) is 2.29. The molecular formula is C10H6ClNO3. The molecule has 0 spiro atoms. The Labute approximate surface area is 89.8 Å². The number of carbonyl (C=O) groups is 1. The molecule has 0 aliphatic carbocycles. The van der Waals surface area contributed by atoms with Crippen molar-refractivity contribution < 1.29 is 15.0 Å². The van der Waals surface area contributed by atoms with E-state index in [1.807, 2.05) is 0 Å². The second-order valence-corrected chi connectivity index (χ2v) is 3.32. The lowest BCUT2D eigenvalue weighted by Gasteiger charge is -2.04. The molecule has 2 aromatic rings. The van der Waals surface area contributed by atoms with Crippen LogP contribution in [0.3, 0.4) is 0 Å². The maximum atomic E-state index is 10.8. The van der Waals surface area contributed by atoms with E-state index in [1.165, 1.54) is 0 Å². The van der Waals surface area contributed by atoms with Gasteiger partial charge in [-0.3, -0.25) is 0 Å². The molecule has 0 aliphatic heterocycles. The average Bonchev–Trinajstić information content (AvgIpc) is 2.23. The van der Waals surface area contributed by atoms with Crippen molar-refractivity contribution in [3.63, 3.8) is 0 Å². The van der Waals surface area contributed by atoms with Crippen molar-refractivity contribution in [3.8, 4) is 5.75 Å². The molecule has 0 bridgehead atoms. The highest BCUT2D eigenvalue weighted by Crippen LogP contribution is 2.33. The number of hydrogen-bond donors (Lipinski definition) is 2. The van der Waals surface area contributed by atoms with Crippen LogP contribution < -0.4 is 0 Å². The third-order valence-corrected chi connectivity index (χ3v) is 2.37. The Morgan fingerprint density at radius 2 is 2.00 bits per heavy atom. The van der Waals surface area contributed by atoms with E-state index in [9.17, 15) is 9.90 Å². The Kier molecular flexibility index (Phi) is 2.21. The molecule has 4 nitrogen and oxygen atoms in total. The molecule has 0 saturated carbocycles. The summed E-state index contributed by atoms with van der Waals surface area (Å²) in [6.45, 7) is 0. The molecule has 1 heterocycles. The highest BCUT2D eigenvalue weighted by molar-refractivity contribution is 6.35. The standard InChI is InChI=1S/C10H6ClNO3/c11-7-8(10(14)15)12-6-4-2-1-3-5(6)9(7)13/h1-4H,(H,12,13)(H,14,15). The number of para-hydroxylation sites is 1. The number of hydrogen-bond acceptors (Lipinski definition) is 3. The Hall–Kier alpha value is -1.81. The molecule has 0 amide bonds. The number of aromatic nitrogens is 1. The SMILES string of the molecule is O=C(O)c1nc2ccccc2c(O)c1Cl. The third kappa shape index (κ3) is 1.49. The predicted molar refractivity (Wildman–Crippen MR) is 55.4 cm³/mol. The summed E-state index contributed by atoms with van der Waals surface area (Å²) in [7, 11) is 0. The topological polar surface area (TPSA) is 70.4 Å². The van der Waals surface area contributed by atoms with Crippen LogP contribution in [0, 0.1) is 0 Å². The molecular weight excluding hydrogens is 218 g/mol. The highest BCUT2D eigenvalue weighted by atomic mass is 35.5. The zero-order valence-electron chi connectivity index (χ0n) is 7.44. The van der Waals surface area contributed by atoms with Crippen LogP contribution in [0.5, 0.6) is 5.75 Å². The maximum Gasteiger partial charge on any atom is 0.356 e. The number of benzene rings is 1. The van der Waals surface area contributed by atoms with Gasteiger partial charge in [0, 0.05) is 5.39 Å². The summed E-state index contributed by atoms with van der Waals surface area (Å²) >= 11 is 5.67. The van der Waals surface area contributed by atoms with Gasteiger partial charge in [0.2, 0.25) is 0 Å². The first-order valence-corrected chi connectivity index (χ1v) is 4.49. The molecule has 0 radical (unpaired) electrons. The number of fused-ring (bicyclic) bond motifs is 1. The third-order valence-electron chi connectivity index (χ3n) is 2.01. The van der Waals surface area contributed by atoms with Gasteiger partial charge in [-0.05, 0) is 12.1 Å². The molecule has 1 aromatic carbocycles. The number of nitrogens with zero attached hydrogens (tertiary/aromatic N) is 1. The quantitative estimate of drug-likeness (QED) is 0.778. The van der Waals surface area contributed by atoms with Gasteiger partial charge in [-0.2, -0.15) is 0 Å². The van der Waals surface area contributed by atoms with Crippen molar-refractivity contribution >= 4 is 28.5 Å². The molecule has 76 valence electrons. The summed E-state index contributed by atoms with van der Waals surface area (Å²) in [4.78, 5) is 14.6. The number of pyridine rings is 1. The Balaban J connectivity index is 2.88. The van der Waals surface area contributed by atoms with Crippen molar-refractivity contribution in [2.45, 2.75) is 0 Å². The Morgan fingerprint density at radius 1 is 1.33 bits per heavy atom. The van der Waals surface area contributed by atoms with Crippen LogP contribution in [0.15, 0.2) is 24.3 Å². The first-order valence-electron chi connectivity index (χ1n) is 4.11. The van der Waals surface area contributed by atoms with Crippen LogP contribution >= 0.6 is 11.6 Å². The molecule has 0 saturated heterocycles. The van der Waals surface area contributed by atoms with Gasteiger partial charge >= 0.3 is 5.97 Å². The minimum Gasteiger partial charge on any atom is -0.506 e. The summed E-state index contributed by atoms with van der Waals surface area (Å²) in [5.41, 5.74) is 0.0599. The van der Waals surface area contributed by atoms with E-state index < -0.39 is 5.97 Å². The van der Waals surface area contributed by atoms with Gasteiger partial charge in [-0.15, -0.1) is 0 Å². The molecule has 5 heteroatoms. The van der Waals surface area contributed by atoms with Crippen molar-refractivity contribution in [2.75, 3.05) is 0 Å². The van der Waals surface area contributed by atoms with Crippen molar-refractivity contribution in [3.05, 3.63) is 35.0 Å². The van der Waals surface area contributed by atoms with Crippen LogP contribution in [0.4, 0.5) is 0 Å². The molecule has 15 heavy (non-hydrogen) atoms. The molecule has 1 aromatic heterocycles. The van der Waals surface area contributed by atoms with E-state index in [4.69, 9.17) is 16.7 Å². The minimum atomic E-state index is -1.26. The second kappa shape index (κ2) is 3.40. The van der Waals surface area contributed by atoms with E-state index in [1.54, 1.807) is 24.3 Å². The molecule has 0 aliphatic rings. The van der Waals surface area contributed by atoms with Gasteiger partial charge in [0.05, 0.1) is 5.52 Å². The lowest BCUT2D eigenvalue weighted by molar-refractivity contribution is 0.0690. The van der Waals surface area contributed by atoms with Gasteiger partial charge in [-0.25, -0.2) is 9.78 Å². The fraction of sp³-hybridized carbons (Fsp3) is 0. The Morgan fingerprint density at radius 3 is 2.67 bits per heavy atom. The van der Waals surface area contributed by atoms with Gasteiger partial charge in [0.1, 0.15) is 10.8 Å². The van der Waals surface area contributed by atoms with Gasteiger partial charge in [-0.1, -0.05) is 23.7 Å². The van der Waals surface area contributed by atoms with E-state index in [0.29, 0.717) is 10.9 Å². The van der Waals surface area contributed by atoms with Crippen LogP contribution in [0.1, 0.15) is 10.5 Å². The van der Waals surface area contributed by atoms with Crippen LogP contribution in [0.25, 0.3) is 10.9 Å². The average molecular weight is 224 g/mol. The normalized spacial score (nSPS) is 10.5. The first kappa shape index (κ1) is 9.73. The van der Waals surface area contributed by atoms with Crippen molar-refractivity contribution in [2.24, 2.45) is 0 Å². The van der Waals surface area contributed by atoms with Gasteiger partial charge in [0.15, 0.2) is 5.69 Å². The summed E-state index contributed by atoms with van der Waals surface area (Å²) < 4.78 is 0. The number of aromatic carboxylic acids is 1. The van der Waals surface area contributed by atoms with E-state index >= 15 is 0 Å². The monoisotopic (exact) mass is 223 g/mol. The lowest BCUT2D eigenvalue weighted by atomic mass is 10.2. The molecule has 0 fully saturated rings. The summed E-state index contributed by atoms with van der Waals surface area (Å²) in [6.07, 6.45) is 0. The molecule has 2 rings (SSSR count). The fourth-order valence-electron chi connectivity index (χ4n) is 1.31. The van der Waals surface area contributed by atoms with Crippen LogP contribution in [0.2, 0.25) is 5.02 Å². The summed E-state index contributed by atoms with van der Waals surface area (Å²) in [5, 5.41) is 18.6. The largest absolute Gasteiger partial charge is 0.506 e. The summed E-state index contributed by atoms with van der Waals surface area (Å²) in [5.74, 6) is -1.51. The molecule has 0 unspecified atom stereocenters.